The number of Topliss-reactive ketones (excluding diaryl/α,β-unsaturated/α-hetero) is 1. The minimum atomic E-state index is -1.70. The van der Waals surface area contributed by atoms with E-state index in [4.69, 9.17) is 17.3 Å². The highest BCUT2D eigenvalue weighted by molar-refractivity contribution is 8.00. The predicted molar refractivity (Wildman–Crippen MR) is 234 cm³/mol. The number of carbonyl (C=O) groups excluding carboxylic acids is 2. The highest BCUT2D eigenvalue weighted by Crippen LogP contribution is 2.62. The van der Waals surface area contributed by atoms with Crippen molar-refractivity contribution in [1.29, 1.82) is 0 Å². The molecule has 1 amide bonds. The zero-order valence-electron chi connectivity index (χ0n) is 37.2. The standard InChI is InChI=1S/C47H75BFN3O4S/c1-43(2,45(5,6)57-27-11-20-44(3,4)47(8,48)49)21-14-31-28-32-29-39(56-42(54)50-33-16-25-52(26-17-33)34-18-23-51(9)24-19-34)38(55-10)30-36(32)35-15-22-46(7)37(41(31)35)12-13-40(46)53/h29-31,33-35,37,41H,11-28H2,1-10H3,(H,50,54)/t31-,35?,37?,41?,46?,47?/m1/s1. The summed E-state index contributed by atoms with van der Waals surface area (Å²) in [5, 5.41) is 3.19. The number of thioether (sulfide) groups is 1. The number of likely N-dealkylation sites (tertiary alicyclic amines) is 2. The van der Waals surface area contributed by atoms with Gasteiger partial charge in [-0.3, -0.25) is 9.18 Å². The summed E-state index contributed by atoms with van der Waals surface area (Å²) in [5.74, 6) is 4.13. The molecule has 2 saturated heterocycles. The van der Waals surface area contributed by atoms with Crippen molar-refractivity contribution >= 4 is 31.5 Å². The molecule has 0 bridgehead atoms. The van der Waals surface area contributed by atoms with Crippen LogP contribution in [0.25, 0.3) is 0 Å². The second kappa shape index (κ2) is 17.3. The van der Waals surface area contributed by atoms with Gasteiger partial charge in [-0.1, -0.05) is 48.5 Å². The van der Waals surface area contributed by atoms with Crippen molar-refractivity contribution in [3.05, 3.63) is 23.3 Å². The number of amides is 1. The lowest BCUT2D eigenvalue weighted by molar-refractivity contribution is -0.130. The number of alkyl halides is 1. The SMILES string of the molecule is [B]C(C)(F)C(C)(C)CCCSC(C)(C)C(C)(C)CC[C@@H]1Cc2cc(OC(=O)NC3CCN(C4CCN(C)CC4)CC3)c(OC)cc2C2CCC3(C)C(=O)CCC3C21. The number of benzene rings is 1. The monoisotopic (exact) mass is 808 g/mol. The van der Waals surface area contributed by atoms with Crippen molar-refractivity contribution in [2.75, 3.05) is 46.1 Å². The van der Waals surface area contributed by atoms with E-state index in [2.05, 4.69) is 68.9 Å². The second-order valence-electron chi connectivity index (χ2n) is 21.1. The highest BCUT2D eigenvalue weighted by atomic mass is 32.2. The van der Waals surface area contributed by atoms with Crippen LogP contribution in [0, 0.1) is 34.0 Å². The van der Waals surface area contributed by atoms with E-state index in [-0.39, 0.29) is 21.6 Å². The molecule has 7 nitrogen and oxygen atoms in total. The molecule has 1 N–H and O–H groups in total. The van der Waals surface area contributed by atoms with E-state index >= 15 is 0 Å². The van der Waals surface area contributed by atoms with Gasteiger partial charge < -0.3 is 24.6 Å². The summed E-state index contributed by atoms with van der Waals surface area (Å²) in [5.41, 5.74) is 0.130. The molecule has 5 unspecified atom stereocenters. The Hall–Kier alpha value is -1.78. The van der Waals surface area contributed by atoms with Crippen molar-refractivity contribution in [2.45, 2.75) is 167 Å². The van der Waals surface area contributed by atoms with Gasteiger partial charge >= 0.3 is 6.09 Å². The van der Waals surface area contributed by atoms with E-state index in [1.165, 1.54) is 30.9 Å². The number of nitrogens with zero attached hydrogens (tertiary/aromatic N) is 2. The summed E-state index contributed by atoms with van der Waals surface area (Å²) in [6.07, 6.45) is 12.3. The summed E-state index contributed by atoms with van der Waals surface area (Å²) in [7, 11) is 9.74. The van der Waals surface area contributed by atoms with Crippen LogP contribution in [0.5, 0.6) is 11.5 Å². The fourth-order valence-corrected chi connectivity index (χ4v) is 12.6. The number of ketones is 1. The molecule has 4 fully saturated rings. The molecule has 2 aliphatic heterocycles. The number of rotatable bonds is 14. The minimum Gasteiger partial charge on any atom is -0.493 e. The molecule has 0 aromatic heterocycles. The van der Waals surface area contributed by atoms with Gasteiger partial charge in [0.1, 0.15) is 13.6 Å². The molecule has 318 valence electrons. The maximum Gasteiger partial charge on any atom is 0.412 e. The molecule has 0 spiro atoms. The molecule has 6 atom stereocenters. The molecule has 57 heavy (non-hydrogen) atoms. The summed E-state index contributed by atoms with van der Waals surface area (Å²) < 4.78 is 26.7. The van der Waals surface area contributed by atoms with Gasteiger partial charge in [0.25, 0.3) is 0 Å². The number of ether oxygens (including phenoxy) is 2. The minimum absolute atomic E-state index is 0.0144. The van der Waals surface area contributed by atoms with Crippen LogP contribution in [0.1, 0.15) is 149 Å². The molecule has 5 aliphatic rings. The fraction of sp³-hybridized carbons (Fsp3) is 0.830. The molecular formula is C47H75BFN3O4S. The third-order valence-electron chi connectivity index (χ3n) is 16.7. The number of hydrogen-bond acceptors (Lipinski definition) is 7. The van der Waals surface area contributed by atoms with Gasteiger partial charge in [-0.15, -0.1) is 0 Å². The molecule has 2 heterocycles. The first kappa shape index (κ1) is 44.8. The molecule has 2 radical (unpaired) electrons. The second-order valence-corrected chi connectivity index (χ2v) is 22.8. The van der Waals surface area contributed by atoms with Crippen LogP contribution in [-0.4, -0.2) is 98.0 Å². The Labute approximate surface area is 350 Å². The van der Waals surface area contributed by atoms with Crippen LogP contribution >= 0.6 is 11.8 Å². The van der Waals surface area contributed by atoms with E-state index in [1.54, 1.807) is 7.11 Å². The third-order valence-corrected chi connectivity index (χ3v) is 18.4. The molecular weight excluding hydrogens is 732 g/mol. The highest BCUT2D eigenvalue weighted by Gasteiger charge is 2.57. The molecule has 2 saturated carbocycles. The van der Waals surface area contributed by atoms with Gasteiger partial charge in [-0.05, 0) is 168 Å². The van der Waals surface area contributed by atoms with E-state index in [1.807, 2.05) is 25.6 Å². The largest absolute Gasteiger partial charge is 0.493 e. The van der Waals surface area contributed by atoms with Gasteiger partial charge in [-0.25, -0.2) is 4.79 Å². The van der Waals surface area contributed by atoms with Crippen LogP contribution < -0.4 is 14.8 Å². The van der Waals surface area contributed by atoms with Gasteiger partial charge in [-0.2, -0.15) is 11.8 Å². The van der Waals surface area contributed by atoms with Crippen molar-refractivity contribution < 1.29 is 23.5 Å². The van der Waals surface area contributed by atoms with Crippen LogP contribution in [0.2, 0.25) is 0 Å². The molecule has 3 aliphatic carbocycles. The van der Waals surface area contributed by atoms with Crippen molar-refractivity contribution in [3.63, 3.8) is 0 Å². The van der Waals surface area contributed by atoms with Crippen LogP contribution in [-0.2, 0) is 11.2 Å². The zero-order valence-corrected chi connectivity index (χ0v) is 38.1. The maximum absolute atomic E-state index is 14.6. The normalized spacial score (nSPS) is 29.3. The number of piperidine rings is 2. The predicted octanol–water partition coefficient (Wildman–Crippen LogP) is 9.97. The Morgan fingerprint density at radius 2 is 1.65 bits per heavy atom. The Kier molecular flexibility index (Phi) is 13.6. The van der Waals surface area contributed by atoms with E-state index in [0.29, 0.717) is 53.4 Å². The van der Waals surface area contributed by atoms with Crippen LogP contribution in [0.4, 0.5) is 9.18 Å². The summed E-state index contributed by atoms with van der Waals surface area (Å²) in [6, 6.07) is 5.02. The zero-order chi connectivity index (χ0) is 41.6. The maximum atomic E-state index is 14.6. The molecule has 10 heteroatoms. The topological polar surface area (TPSA) is 71.1 Å². The van der Waals surface area contributed by atoms with E-state index in [0.717, 1.165) is 96.1 Å². The average Bonchev–Trinajstić information content (AvgIpc) is 3.45. The van der Waals surface area contributed by atoms with Gasteiger partial charge in [0.2, 0.25) is 0 Å². The average molecular weight is 808 g/mol. The summed E-state index contributed by atoms with van der Waals surface area (Å²) in [6.45, 7) is 21.5. The van der Waals surface area contributed by atoms with E-state index in [9.17, 15) is 14.0 Å². The van der Waals surface area contributed by atoms with E-state index < -0.39 is 17.1 Å². The van der Waals surface area contributed by atoms with Gasteiger partial charge in [0.15, 0.2) is 11.5 Å². The van der Waals surface area contributed by atoms with Crippen molar-refractivity contribution in [2.24, 2.45) is 34.0 Å². The number of carbonyl (C=O) groups is 2. The lowest BCUT2D eigenvalue weighted by Crippen LogP contribution is -2.51. The van der Waals surface area contributed by atoms with Crippen LogP contribution in [0.15, 0.2) is 12.1 Å². The number of nitrogens with one attached hydrogen (secondary N) is 1. The lowest BCUT2D eigenvalue weighted by Gasteiger charge is -2.52. The summed E-state index contributed by atoms with van der Waals surface area (Å²) >= 11 is 2.00. The molecule has 1 aromatic rings. The summed E-state index contributed by atoms with van der Waals surface area (Å²) in [4.78, 5) is 31.9. The Bertz CT molecular complexity index is 1580. The Balaban J connectivity index is 1.14. The third kappa shape index (κ3) is 9.58. The molecule has 6 rings (SSSR count). The van der Waals surface area contributed by atoms with Gasteiger partial charge in [0.05, 0.1) is 12.7 Å². The van der Waals surface area contributed by atoms with Crippen molar-refractivity contribution in [1.82, 2.24) is 15.1 Å². The molecule has 1 aromatic carbocycles. The smallest absolute Gasteiger partial charge is 0.412 e. The number of hydrogen-bond donors (Lipinski definition) is 1. The number of fused-ring (bicyclic) bond motifs is 5. The number of halogens is 1. The first-order valence-electron chi connectivity index (χ1n) is 22.4. The lowest BCUT2D eigenvalue weighted by atomic mass is 9.52. The van der Waals surface area contributed by atoms with Gasteiger partial charge in [0, 0.05) is 41.8 Å². The fourth-order valence-electron chi connectivity index (χ4n) is 11.3. The first-order valence-corrected chi connectivity index (χ1v) is 23.4. The first-order chi connectivity index (χ1) is 26.7. The van der Waals surface area contributed by atoms with Crippen LogP contribution in [0.3, 0.4) is 0 Å². The quantitative estimate of drug-likeness (QED) is 0.148. The Morgan fingerprint density at radius 1 is 0.965 bits per heavy atom. The van der Waals surface area contributed by atoms with Crippen molar-refractivity contribution in [3.8, 4) is 11.5 Å². The number of methoxy groups -OCH3 is 1. The Morgan fingerprint density at radius 3 is 2.30 bits per heavy atom.